The molecule has 0 heterocycles. The van der Waals surface area contributed by atoms with Crippen LogP contribution in [0.1, 0.15) is 31.8 Å². The molecule has 0 aliphatic carbocycles. The average Bonchev–Trinajstić information content (AvgIpc) is 2.65. The van der Waals surface area contributed by atoms with Crippen LogP contribution < -0.4 is 0 Å². The van der Waals surface area contributed by atoms with Gasteiger partial charge in [-0.2, -0.15) is 0 Å². The van der Waals surface area contributed by atoms with Gasteiger partial charge in [-0.3, -0.25) is 0 Å². The van der Waals surface area contributed by atoms with Crippen molar-refractivity contribution in [3.8, 4) is 11.5 Å². The Morgan fingerprint density at radius 1 is 0.667 bits per heavy atom. The molecule has 3 aromatic rings. The van der Waals surface area contributed by atoms with E-state index < -0.39 is 11.9 Å². The molecule has 0 spiro atoms. The number of aromatic hydroxyl groups is 2. The van der Waals surface area contributed by atoms with Gasteiger partial charge in [-0.25, -0.2) is 9.59 Å². The summed E-state index contributed by atoms with van der Waals surface area (Å²) in [6.07, 6.45) is 0.522. The Bertz CT molecular complexity index is 934. The monoisotopic (exact) mass is 366 g/mol. The SMILES string of the molecule is O=C(O)c1cccc(Cc2ccccc2)c1O.O=C(O)c1ccccc1O. The summed E-state index contributed by atoms with van der Waals surface area (Å²) >= 11 is 0. The van der Waals surface area contributed by atoms with E-state index in [0.717, 1.165) is 5.56 Å². The van der Waals surface area contributed by atoms with Gasteiger partial charge in [0.05, 0.1) is 0 Å². The van der Waals surface area contributed by atoms with Crippen molar-refractivity contribution in [2.24, 2.45) is 0 Å². The van der Waals surface area contributed by atoms with E-state index in [0.29, 0.717) is 12.0 Å². The van der Waals surface area contributed by atoms with Crippen LogP contribution in [0.3, 0.4) is 0 Å². The van der Waals surface area contributed by atoms with Gasteiger partial charge >= 0.3 is 11.9 Å². The third-order valence-electron chi connectivity index (χ3n) is 3.72. The molecule has 0 aromatic heterocycles. The van der Waals surface area contributed by atoms with Crippen LogP contribution in [0.4, 0.5) is 0 Å². The number of phenols is 2. The topological polar surface area (TPSA) is 115 Å². The van der Waals surface area contributed by atoms with Crippen molar-refractivity contribution in [3.05, 3.63) is 95.1 Å². The lowest BCUT2D eigenvalue weighted by Gasteiger charge is -2.07. The molecule has 27 heavy (non-hydrogen) atoms. The fraction of sp³-hybridized carbons (Fsp3) is 0.0476. The molecule has 0 radical (unpaired) electrons. The molecule has 6 heteroatoms. The Labute approximate surface area is 155 Å². The second-order valence-corrected chi connectivity index (χ2v) is 5.60. The normalized spacial score (nSPS) is 9.78. The predicted octanol–water partition coefficient (Wildman–Crippen LogP) is 3.77. The predicted molar refractivity (Wildman–Crippen MR) is 99.4 cm³/mol. The molecule has 0 saturated heterocycles. The van der Waals surface area contributed by atoms with Gasteiger partial charge in [-0.15, -0.1) is 0 Å². The first kappa shape index (κ1) is 19.5. The van der Waals surface area contributed by atoms with Gasteiger partial charge in [0.2, 0.25) is 0 Å². The van der Waals surface area contributed by atoms with Gasteiger partial charge in [-0.05, 0) is 29.3 Å². The summed E-state index contributed by atoms with van der Waals surface area (Å²) in [6, 6.07) is 20.2. The Hall–Kier alpha value is -3.80. The molecule has 0 atom stereocenters. The number of aromatic carboxylic acids is 2. The van der Waals surface area contributed by atoms with E-state index in [9.17, 15) is 14.7 Å². The Kier molecular flexibility index (Phi) is 6.55. The van der Waals surface area contributed by atoms with Crippen molar-refractivity contribution in [2.75, 3.05) is 0 Å². The minimum absolute atomic E-state index is 0.0570. The summed E-state index contributed by atoms with van der Waals surface area (Å²) in [5, 5.41) is 36.0. The maximum Gasteiger partial charge on any atom is 0.339 e. The number of para-hydroxylation sites is 2. The van der Waals surface area contributed by atoms with E-state index in [-0.39, 0.29) is 22.6 Å². The molecule has 0 saturated carbocycles. The molecular formula is C21H18O6. The van der Waals surface area contributed by atoms with E-state index in [1.807, 2.05) is 30.3 Å². The smallest absolute Gasteiger partial charge is 0.339 e. The molecule has 138 valence electrons. The number of rotatable bonds is 4. The zero-order chi connectivity index (χ0) is 19.8. The highest BCUT2D eigenvalue weighted by atomic mass is 16.4. The van der Waals surface area contributed by atoms with Crippen molar-refractivity contribution in [3.63, 3.8) is 0 Å². The number of benzene rings is 3. The number of carboxylic acid groups (broad SMARTS) is 2. The minimum atomic E-state index is -1.11. The zero-order valence-corrected chi connectivity index (χ0v) is 14.2. The van der Waals surface area contributed by atoms with Gasteiger partial charge in [-0.1, -0.05) is 54.6 Å². The maximum absolute atomic E-state index is 10.9. The second-order valence-electron chi connectivity index (χ2n) is 5.60. The minimum Gasteiger partial charge on any atom is -0.507 e. The highest BCUT2D eigenvalue weighted by Gasteiger charge is 2.12. The molecule has 6 nitrogen and oxygen atoms in total. The van der Waals surface area contributed by atoms with Crippen LogP contribution in [-0.2, 0) is 6.42 Å². The summed E-state index contributed by atoms with van der Waals surface area (Å²) in [7, 11) is 0. The fourth-order valence-corrected chi connectivity index (χ4v) is 2.38. The third kappa shape index (κ3) is 5.34. The molecule has 0 aliphatic rings. The molecule has 0 amide bonds. The molecule has 0 aliphatic heterocycles. The van der Waals surface area contributed by atoms with Gasteiger partial charge in [0.25, 0.3) is 0 Å². The van der Waals surface area contributed by atoms with Crippen LogP contribution in [-0.4, -0.2) is 32.4 Å². The van der Waals surface area contributed by atoms with Crippen LogP contribution in [0, 0.1) is 0 Å². The first-order chi connectivity index (χ1) is 12.9. The van der Waals surface area contributed by atoms with Crippen LogP contribution >= 0.6 is 0 Å². The van der Waals surface area contributed by atoms with E-state index in [1.165, 1.54) is 18.2 Å². The van der Waals surface area contributed by atoms with Crippen LogP contribution in [0.2, 0.25) is 0 Å². The van der Waals surface area contributed by atoms with E-state index in [2.05, 4.69) is 0 Å². The summed E-state index contributed by atoms with van der Waals surface area (Å²) in [6.45, 7) is 0. The first-order valence-corrected chi connectivity index (χ1v) is 7.99. The Balaban J connectivity index is 0.000000223. The maximum atomic E-state index is 10.9. The van der Waals surface area contributed by atoms with Gasteiger partial charge in [0, 0.05) is 6.42 Å². The molecule has 3 rings (SSSR count). The van der Waals surface area contributed by atoms with Crippen molar-refractivity contribution in [2.45, 2.75) is 6.42 Å². The van der Waals surface area contributed by atoms with E-state index in [4.69, 9.17) is 15.3 Å². The highest BCUT2D eigenvalue weighted by Crippen LogP contribution is 2.24. The molecule has 3 aromatic carbocycles. The number of carbonyl (C=O) groups is 2. The summed E-state index contributed by atoms with van der Waals surface area (Å²) in [5.74, 6) is -2.57. The van der Waals surface area contributed by atoms with Gasteiger partial charge in [0.1, 0.15) is 22.6 Å². The van der Waals surface area contributed by atoms with Crippen molar-refractivity contribution in [1.82, 2.24) is 0 Å². The van der Waals surface area contributed by atoms with Crippen molar-refractivity contribution in [1.29, 1.82) is 0 Å². The number of hydrogen-bond acceptors (Lipinski definition) is 4. The number of carboxylic acids is 2. The Morgan fingerprint density at radius 3 is 1.78 bits per heavy atom. The number of hydrogen-bond donors (Lipinski definition) is 4. The highest BCUT2D eigenvalue weighted by molar-refractivity contribution is 5.91. The summed E-state index contributed by atoms with van der Waals surface area (Å²) in [4.78, 5) is 21.1. The third-order valence-corrected chi connectivity index (χ3v) is 3.72. The van der Waals surface area contributed by atoms with Gasteiger partial charge in [0.15, 0.2) is 0 Å². The molecule has 0 unspecified atom stereocenters. The lowest BCUT2D eigenvalue weighted by Crippen LogP contribution is -1.99. The van der Waals surface area contributed by atoms with Crippen LogP contribution in [0.15, 0.2) is 72.8 Å². The summed E-state index contributed by atoms with van der Waals surface area (Å²) in [5.41, 5.74) is 1.53. The van der Waals surface area contributed by atoms with Crippen LogP contribution in [0.5, 0.6) is 11.5 Å². The largest absolute Gasteiger partial charge is 0.507 e. The van der Waals surface area contributed by atoms with Gasteiger partial charge < -0.3 is 20.4 Å². The van der Waals surface area contributed by atoms with E-state index >= 15 is 0 Å². The van der Waals surface area contributed by atoms with Crippen molar-refractivity contribution >= 4 is 11.9 Å². The quantitative estimate of drug-likeness (QED) is 0.559. The molecule has 4 N–H and O–H groups in total. The molecular weight excluding hydrogens is 348 g/mol. The Morgan fingerprint density at radius 2 is 1.22 bits per heavy atom. The zero-order valence-electron chi connectivity index (χ0n) is 14.2. The first-order valence-electron chi connectivity index (χ1n) is 7.99. The lowest BCUT2D eigenvalue weighted by molar-refractivity contribution is 0.0682. The average molecular weight is 366 g/mol. The molecule has 0 fully saturated rings. The molecule has 0 bridgehead atoms. The summed E-state index contributed by atoms with van der Waals surface area (Å²) < 4.78 is 0. The van der Waals surface area contributed by atoms with Crippen molar-refractivity contribution < 1.29 is 30.0 Å². The van der Waals surface area contributed by atoms with Crippen LogP contribution in [0.25, 0.3) is 0 Å². The van der Waals surface area contributed by atoms with E-state index in [1.54, 1.807) is 24.3 Å². The lowest BCUT2D eigenvalue weighted by atomic mass is 10.0. The standard InChI is InChI=1S/C14H12O3.C7H6O3/c15-13-11(7-4-8-12(13)14(16)17)9-10-5-2-1-3-6-10;8-6-4-2-1-3-5(6)7(9)10/h1-8,15H,9H2,(H,16,17);1-4,8H,(H,9,10). The fourth-order valence-electron chi connectivity index (χ4n) is 2.38. The second kappa shape index (κ2) is 9.05.